The van der Waals surface area contributed by atoms with E-state index in [1.165, 1.54) is 28.4 Å². The zero-order chi connectivity index (χ0) is 24.0. The van der Waals surface area contributed by atoms with E-state index in [9.17, 15) is 9.90 Å². The van der Waals surface area contributed by atoms with Gasteiger partial charge < -0.3 is 28.8 Å². The summed E-state index contributed by atoms with van der Waals surface area (Å²) in [5.41, 5.74) is 1.12. The number of carbonyl (C=O) groups excluding carboxylic acids is 1. The van der Waals surface area contributed by atoms with Gasteiger partial charge in [-0.25, -0.2) is 9.79 Å². The maximum atomic E-state index is 12.7. The average molecular weight is 472 g/mol. The summed E-state index contributed by atoms with van der Waals surface area (Å²) < 4.78 is 26.8. The second-order valence-electron chi connectivity index (χ2n) is 6.57. The highest BCUT2D eigenvalue weighted by molar-refractivity contribution is 8.18. The average Bonchev–Trinajstić information content (AvgIpc) is 3.13. The number of nitrogens with zero attached hydrogens (tertiary/aromatic N) is 1. The molecule has 0 fully saturated rings. The molecule has 174 valence electrons. The minimum absolute atomic E-state index is 0.0153. The van der Waals surface area contributed by atoms with Crippen LogP contribution in [-0.2, 0) is 9.53 Å². The predicted octanol–water partition coefficient (Wildman–Crippen LogP) is 4.91. The molecule has 0 unspecified atom stereocenters. The van der Waals surface area contributed by atoms with Crippen molar-refractivity contribution >= 4 is 34.5 Å². The number of esters is 1. The number of para-hydroxylation sites is 2. The lowest BCUT2D eigenvalue weighted by Crippen LogP contribution is -2.12. The molecule has 1 N–H and O–H groups in total. The Morgan fingerprint density at radius 3 is 2.30 bits per heavy atom. The monoisotopic (exact) mass is 471 g/mol. The molecule has 2 aromatic rings. The molecule has 8 nitrogen and oxygen atoms in total. The number of methoxy groups -OCH3 is 4. The second kappa shape index (κ2) is 10.8. The molecular weight excluding hydrogens is 446 g/mol. The second-order valence-corrected chi connectivity index (χ2v) is 7.60. The lowest BCUT2D eigenvalue weighted by molar-refractivity contribution is -0.138. The fraction of sp³-hybridized carbons (Fsp3) is 0.250. The van der Waals surface area contributed by atoms with Crippen LogP contribution < -0.4 is 18.9 Å². The summed E-state index contributed by atoms with van der Waals surface area (Å²) in [6.07, 6.45) is 1.69. The smallest absolute Gasteiger partial charge is 0.344 e. The van der Waals surface area contributed by atoms with E-state index in [1.54, 1.807) is 43.3 Å². The Morgan fingerprint density at radius 2 is 1.67 bits per heavy atom. The van der Waals surface area contributed by atoms with Gasteiger partial charge in [-0.1, -0.05) is 23.9 Å². The number of thioether (sulfide) groups is 1. The molecule has 0 radical (unpaired) electrons. The summed E-state index contributed by atoms with van der Waals surface area (Å²) in [5.74, 6) is 0.968. The van der Waals surface area contributed by atoms with Crippen molar-refractivity contribution in [1.29, 1.82) is 0 Å². The van der Waals surface area contributed by atoms with Gasteiger partial charge in [0.25, 0.3) is 0 Å². The van der Waals surface area contributed by atoms with Crippen LogP contribution in [0.4, 0.5) is 5.69 Å². The van der Waals surface area contributed by atoms with Crippen LogP contribution in [0.1, 0.15) is 12.5 Å². The molecule has 1 aliphatic heterocycles. The largest absolute Gasteiger partial charge is 0.506 e. The molecule has 0 amide bonds. The first-order valence-corrected chi connectivity index (χ1v) is 10.8. The quantitative estimate of drug-likeness (QED) is 0.543. The van der Waals surface area contributed by atoms with Gasteiger partial charge in [-0.15, -0.1) is 0 Å². The van der Waals surface area contributed by atoms with Crippen LogP contribution in [-0.4, -0.2) is 51.2 Å². The third-order valence-corrected chi connectivity index (χ3v) is 5.72. The summed E-state index contributed by atoms with van der Waals surface area (Å²) in [7, 11) is 6.09. The Morgan fingerprint density at radius 1 is 0.970 bits per heavy atom. The van der Waals surface area contributed by atoms with E-state index in [0.717, 1.165) is 11.8 Å². The Labute approximate surface area is 196 Å². The van der Waals surface area contributed by atoms with Crippen molar-refractivity contribution in [3.63, 3.8) is 0 Å². The molecule has 0 saturated heterocycles. The van der Waals surface area contributed by atoms with Gasteiger partial charge in [-0.05, 0) is 37.3 Å². The number of carbonyl (C=O) groups is 1. The molecule has 3 rings (SSSR count). The normalized spacial score (nSPS) is 15.7. The minimum Gasteiger partial charge on any atom is -0.506 e. The fourth-order valence-corrected chi connectivity index (χ4v) is 4.22. The Balaban J connectivity index is 2.14. The van der Waals surface area contributed by atoms with Gasteiger partial charge in [-0.3, -0.25) is 0 Å². The Hall–Kier alpha value is -3.59. The molecule has 0 aromatic heterocycles. The number of hydrogen-bond donors (Lipinski definition) is 1. The third kappa shape index (κ3) is 4.93. The van der Waals surface area contributed by atoms with E-state index in [1.807, 2.05) is 6.07 Å². The zero-order valence-corrected chi connectivity index (χ0v) is 19.8. The van der Waals surface area contributed by atoms with Crippen molar-refractivity contribution in [1.82, 2.24) is 0 Å². The van der Waals surface area contributed by atoms with Crippen LogP contribution in [0.2, 0.25) is 0 Å². The lowest BCUT2D eigenvalue weighted by atomic mass is 10.1. The van der Waals surface area contributed by atoms with Crippen molar-refractivity contribution in [2.45, 2.75) is 6.92 Å². The molecule has 1 heterocycles. The Bertz CT molecular complexity index is 1140. The molecule has 9 heteroatoms. The number of aliphatic hydroxyl groups excluding tert-OH is 1. The molecule has 0 saturated carbocycles. The Kier molecular flexibility index (Phi) is 7.89. The summed E-state index contributed by atoms with van der Waals surface area (Å²) in [4.78, 5) is 17.6. The zero-order valence-electron chi connectivity index (χ0n) is 19.0. The van der Waals surface area contributed by atoms with E-state index in [0.29, 0.717) is 44.2 Å². The lowest BCUT2D eigenvalue weighted by Gasteiger charge is -2.14. The number of hydrogen-bond acceptors (Lipinski definition) is 9. The van der Waals surface area contributed by atoms with Crippen LogP contribution in [0.25, 0.3) is 6.08 Å². The molecular formula is C24H25NO7S. The van der Waals surface area contributed by atoms with E-state index >= 15 is 0 Å². The number of rotatable bonds is 8. The van der Waals surface area contributed by atoms with Gasteiger partial charge in [0.2, 0.25) is 5.75 Å². The minimum atomic E-state index is -0.668. The van der Waals surface area contributed by atoms with Crippen molar-refractivity contribution in [2.24, 2.45) is 4.99 Å². The summed E-state index contributed by atoms with van der Waals surface area (Å²) in [6, 6.07) is 10.6. The molecule has 0 bridgehead atoms. The highest BCUT2D eigenvalue weighted by Gasteiger charge is 2.34. The first kappa shape index (κ1) is 24.1. The maximum Gasteiger partial charge on any atom is 0.344 e. The number of aliphatic hydroxyl groups is 1. The predicted molar refractivity (Wildman–Crippen MR) is 128 cm³/mol. The van der Waals surface area contributed by atoms with Crippen LogP contribution in [0.5, 0.6) is 23.0 Å². The van der Waals surface area contributed by atoms with Gasteiger partial charge >= 0.3 is 5.97 Å². The van der Waals surface area contributed by atoms with E-state index in [4.69, 9.17) is 23.7 Å². The first-order chi connectivity index (χ1) is 16.0. The van der Waals surface area contributed by atoms with Crippen LogP contribution in [0.15, 0.2) is 57.6 Å². The maximum absolute atomic E-state index is 12.7. The molecule has 2 aromatic carbocycles. The highest BCUT2D eigenvalue weighted by atomic mass is 32.2. The van der Waals surface area contributed by atoms with E-state index < -0.39 is 5.97 Å². The molecule has 0 aliphatic carbocycles. The fourth-order valence-electron chi connectivity index (χ4n) is 3.20. The summed E-state index contributed by atoms with van der Waals surface area (Å²) in [5, 5.41) is 11.2. The standard InChI is InChI=1S/C24H25NO7S/c1-6-32-24(27)19-20(26)18(33-23(19)25-15-9-7-8-10-16(15)28-2)13-14-11-12-17(29-3)22(31-5)21(14)30-4/h7-13,26H,6H2,1-5H3/b18-13+,25-23?. The molecule has 1 aliphatic rings. The molecule has 0 spiro atoms. The van der Waals surface area contributed by atoms with Crippen LogP contribution in [0, 0.1) is 0 Å². The van der Waals surface area contributed by atoms with Gasteiger partial charge in [0.15, 0.2) is 11.5 Å². The number of benzene rings is 2. The van der Waals surface area contributed by atoms with Gasteiger partial charge in [0.1, 0.15) is 27.8 Å². The summed E-state index contributed by atoms with van der Waals surface area (Å²) in [6.45, 7) is 1.85. The van der Waals surface area contributed by atoms with Crippen LogP contribution in [0.3, 0.4) is 0 Å². The topological polar surface area (TPSA) is 95.8 Å². The van der Waals surface area contributed by atoms with Crippen molar-refractivity contribution in [3.05, 3.63) is 58.2 Å². The van der Waals surface area contributed by atoms with E-state index in [-0.39, 0.29) is 17.9 Å². The summed E-state index contributed by atoms with van der Waals surface area (Å²) >= 11 is 1.14. The van der Waals surface area contributed by atoms with Gasteiger partial charge in [0.05, 0.1) is 40.0 Å². The number of aliphatic imine (C=N–C) groups is 1. The van der Waals surface area contributed by atoms with Crippen molar-refractivity contribution < 1.29 is 33.6 Å². The van der Waals surface area contributed by atoms with Crippen molar-refractivity contribution in [2.75, 3.05) is 35.0 Å². The third-order valence-electron chi connectivity index (χ3n) is 4.70. The molecule has 0 atom stereocenters. The van der Waals surface area contributed by atoms with Crippen LogP contribution >= 0.6 is 11.8 Å². The van der Waals surface area contributed by atoms with Gasteiger partial charge in [-0.2, -0.15) is 0 Å². The van der Waals surface area contributed by atoms with Crippen molar-refractivity contribution in [3.8, 4) is 23.0 Å². The van der Waals surface area contributed by atoms with E-state index in [2.05, 4.69) is 4.99 Å². The SMILES string of the molecule is CCOC(=O)C1=C(O)/C(=C\c2ccc(OC)c(OC)c2OC)SC1=Nc1ccccc1OC. The number of ether oxygens (including phenoxy) is 5. The highest BCUT2D eigenvalue weighted by Crippen LogP contribution is 2.45. The van der Waals surface area contributed by atoms with Gasteiger partial charge in [0, 0.05) is 5.56 Å². The first-order valence-electron chi connectivity index (χ1n) is 10.00. The molecule has 33 heavy (non-hydrogen) atoms.